The first-order chi connectivity index (χ1) is 8.22. The van der Waals surface area contributed by atoms with Crippen LogP contribution in [0.25, 0.3) is 0 Å². The highest BCUT2D eigenvalue weighted by molar-refractivity contribution is 5.77. The third-order valence-corrected chi connectivity index (χ3v) is 3.24. The molecule has 92 valence electrons. The number of methoxy groups -OCH3 is 1. The maximum absolute atomic E-state index is 11.7. The van der Waals surface area contributed by atoms with Crippen molar-refractivity contribution in [3.8, 4) is 0 Å². The van der Waals surface area contributed by atoms with Gasteiger partial charge in [-0.2, -0.15) is 0 Å². The minimum Gasteiger partial charge on any atom is -0.468 e. The van der Waals surface area contributed by atoms with E-state index in [9.17, 15) is 4.79 Å². The van der Waals surface area contributed by atoms with Crippen LogP contribution in [0.15, 0.2) is 30.3 Å². The lowest BCUT2D eigenvalue weighted by atomic mass is 10.1. The predicted molar refractivity (Wildman–Crippen MR) is 67.1 cm³/mol. The van der Waals surface area contributed by atoms with Crippen molar-refractivity contribution in [1.29, 1.82) is 0 Å². The number of carbonyl (C=O) groups is 1. The smallest absolute Gasteiger partial charge is 0.324 e. The zero-order chi connectivity index (χ0) is 12.3. The molecule has 1 aliphatic rings. The number of likely N-dealkylation sites (N-methyl/N-ethyl adjacent to an activating group) is 1. The van der Waals surface area contributed by atoms with Crippen molar-refractivity contribution in [1.82, 2.24) is 4.90 Å². The normalized spacial score (nSPS) is 21.3. The summed E-state index contributed by atoms with van der Waals surface area (Å²) in [6.45, 7) is 2.50. The van der Waals surface area contributed by atoms with Gasteiger partial charge < -0.3 is 9.64 Å². The van der Waals surface area contributed by atoms with Crippen LogP contribution in [-0.2, 0) is 9.53 Å². The monoisotopic (exact) mass is 234 g/mol. The maximum atomic E-state index is 11.7. The van der Waals surface area contributed by atoms with Crippen LogP contribution < -0.4 is 4.90 Å². The van der Waals surface area contributed by atoms with Crippen LogP contribution in [0.2, 0.25) is 0 Å². The third-order valence-electron chi connectivity index (χ3n) is 3.24. The number of hydrogen-bond acceptors (Lipinski definition) is 4. The topological polar surface area (TPSA) is 32.8 Å². The Morgan fingerprint density at radius 3 is 2.65 bits per heavy atom. The van der Waals surface area contributed by atoms with E-state index >= 15 is 0 Å². The average Bonchev–Trinajstić information content (AvgIpc) is 2.39. The second-order valence-electron chi connectivity index (χ2n) is 4.30. The summed E-state index contributed by atoms with van der Waals surface area (Å²) < 4.78 is 4.84. The predicted octanol–water partition coefficient (Wildman–Crippen LogP) is 0.980. The van der Waals surface area contributed by atoms with Crippen LogP contribution in [0.1, 0.15) is 0 Å². The SMILES string of the molecule is COC(=O)C1CN(c2ccccc2)CCN1C. The van der Waals surface area contributed by atoms with E-state index in [0.717, 1.165) is 18.8 Å². The number of piperazine rings is 1. The lowest BCUT2D eigenvalue weighted by Crippen LogP contribution is -2.55. The number of anilines is 1. The molecular weight excluding hydrogens is 216 g/mol. The Bertz CT molecular complexity index is 380. The van der Waals surface area contributed by atoms with Gasteiger partial charge in [0.05, 0.1) is 7.11 Å². The van der Waals surface area contributed by atoms with E-state index in [0.29, 0.717) is 6.54 Å². The highest BCUT2D eigenvalue weighted by atomic mass is 16.5. The lowest BCUT2D eigenvalue weighted by molar-refractivity contribution is -0.146. The van der Waals surface area contributed by atoms with E-state index in [2.05, 4.69) is 17.0 Å². The summed E-state index contributed by atoms with van der Waals surface area (Å²) in [5.74, 6) is -0.159. The van der Waals surface area contributed by atoms with Crippen molar-refractivity contribution >= 4 is 11.7 Å². The van der Waals surface area contributed by atoms with Gasteiger partial charge in [0, 0.05) is 25.3 Å². The molecule has 17 heavy (non-hydrogen) atoms. The van der Waals surface area contributed by atoms with Crippen molar-refractivity contribution < 1.29 is 9.53 Å². The van der Waals surface area contributed by atoms with Crippen LogP contribution in [0, 0.1) is 0 Å². The summed E-state index contributed by atoms with van der Waals surface area (Å²) in [5, 5.41) is 0. The Balaban J connectivity index is 2.10. The van der Waals surface area contributed by atoms with Gasteiger partial charge in [0.2, 0.25) is 0 Å². The van der Waals surface area contributed by atoms with Gasteiger partial charge in [0.1, 0.15) is 6.04 Å². The minimum absolute atomic E-state index is 0.159. The van der Waals surface area contributed by atoms with Gasteiger partial charge in [-0.1, -0.05) is 18.2 Å². The Kier molecular flexibility index (Phi) is 3.64. The molecule has 2 rings (SSSR count). The summed E-state index contributed by atoms with van der Waals surface area (Å²) in [6.07, 6.45) is 0. The molecule has 0 aliphatic carbocycles. The first-order valence-electron chi connectivity index (χ1n) is 5.80. The first kappa shape index (κ1) is 11.9. The third kappa shape index (κ3) is 2.58. The fourth-order valence-electron chi connectivity index (χ4n) is 2.14. The molecule has 0 saturated carbocycles. The van der Waals surface area contributed by atoms with Gasteiger partial charge >= 0.3 is 5.97 Å². The highest BCUT2D eigenvalue weighted by Crippen LogP contribution is 2.18. The van der Waals surface area contributed by atoms with Crippen molar-refractivity contribution in [2.75, 3.05) is 38.7 Å². The molecule has 1 heterocycles. The molecule has 0 spiro atoms. The molecule has 1 unspecified atom stereocenters. The highest BCUT2D eigenvalue weighted by Gasteiger charge is 2.30. The van der Waals surface area contributed by atoms with E-state index in [4.69, 9.17) is 4.74 Å². The van der Waals surface area contributed by atoms with Crippen molar-refractivity contribution in [2.24, 2.45) is 0 Å². The molecular formula is C13H18N2O2. The number of esters is 1. The molecule has 0 N–H and O–H groups in total. The Hall–Kier alpha value is -1.55. The Morgan fingerprint density at radius 2 is 2.00 bits per heavy atom. The molecule has 1 aromatic rings. The van der Waals surface area contributed by atoms with Gasteiger partial charge in [0.15, 0.2) is 0 Å². The maximum Gasteiger partial charge on any atom is 0.324 e. The molecule has 1 saturated heterocycles. The molecule has 4 heteroatoms. The summed E-state index contributed by atoms with van der Waals surface area (Å²) in [7, 11) is 3.40. The zero-order valence-electron chi connectivity index (χ0n) is 10.3. The summed E-state index contributed by atoms with van der Waals surface area (Å²) >= 11 is 0. The quantitative estimate of drug-likeness (QED) is 0.714. The van der Waals surface area contributed by atoms with E-state index in [1.165, 1.54) is 7.11 Å². The Morgan fingerprint density at radius 1 is 1.29 bits per heavy atom. The Labute approximate surface area is 102 Å². The fraction of sp³-hybridized carbons (Fsp3) is 0.462. The van der Waals surface area contributed by atoms with Crippen molar-refractivity contribution in [3.63, 3.8) is 0 Å². The molecule has 0 aromatic heterocycles. The first-order valence-corrected chi connectivity index (χ1v) is 5.80. The summed E-state index contributed by atoms with van der Waals surface area (Å²) in [5.41, 5.74) is 1.16. The van der Waals surface area contributed by atoms with E-state index < -0.39 is 0 Å². The zero-order valence-corrected chi connectivity index (χ0v) is 10.3. The van der Waals surface area contributed by atoms with Gasteiger partial charge in [-0.05, 0) is 19.2 Å². The minimum atomic E-state index is -0.172. The average molecular weight is 234 g/mol. The second kappa shape index (κ2) is 5.19. The molecule has 0 bridgehead atoms. The van der Waals surface area contributed by atoms with Crippen LogP contribution in [0.4, 0.5) is 5.69 Å². The number of nitrogens with zero attached hydrogens (tertiary/aromatic N) is 2. The molecule has 0 amide bonds. The molecule has 1 aromatic carbocycles. The van der Waals surface area contributed by atoms with E-state index in [1.807, 2.05) is 30.1 Å². The molecule has 1 aliphatic heterocycles. The van der Waals surface area contributed by atoms with Gasteiger partial charge in [-0.15, -0.1) is 0 Å². The van der Waals surface area contributed by atoms with Crippen molar-refractivity contribution in [3.05, 3.63) is 30.3 Å². The molecule has 1 fully saturated rings. The number of para-hydroxylation sites is 1. The number of rotatable bonds is 2. The molecule has 1 atom stereocenters. The van der Waals surface area contributed by atoms with Gasteiger partial charge in [-0.3, -0.25) is 9.69 Å². The number of benzene rings is 1. The van der Waals surface area contributed by atoms with Gasteiger partial charge in [0.25, 0.3) is 0 Å². The molecule has 4 nitrogen and oxygen atoms in total. The number of hydrogen-bond donors (Lipinski definition) is 0. The van der Waals surface area contributed by atoms with Gasteiger partial charge in [-0.25, -0.2) is 0 Å². The van der Waals surface area contributed by atoms with Crippen LogP contribution in [0.3, 0.4) is 0 Å². The summed E-state index contributed by atoms with van der Waals surface area (Å²) in [4.78, 5) is 15.9. The van der Waals surface area contributed by atoms with Crippen LogP contribution >= 0.6 is 0 Å². The largest absolute Gasteiger partial charge is 0.468 e. The lowest BCUT2D eigenvalue weighted by Gasteiger charge is -2.39. The van der Waals surface area contributed by atoms with Crippen LogP contribution in [0.5, 0.6) is 0 Å². The van der Waals surface area contributed by atoms with Crippen LogP contribution in [-0.4, -0.2) is 50.7 Å². The number of carbonyl (C=O) groups excluding carboxylic acids is 1. The summed E-state index contributed by atoms with van der Waals surface area (Å²) in [6, 6.07) is 9.99. The standard InChI is InChI=1S/C13H18N2O2/c1-14-8-9-15(10-12(14)13(16)17-2)11-6-4-3-5-7-11/h3-7,12H,8-10H2,1-2H3. The fourth-order valence-corrected chi connectivity index (χ4v) is 2.14. The second-order valence-corrected chi connectivity index (χ2v) is 4.30. The molecule has 0 radical (unpaired) electrons. The van der Waals surface area contributed by atoms with E-state index in [-0.39, 0.29) is 12.0 Å². The van der Waals surface area contributed by atoms with Crippen molar-refractivity contribution in [2.45, 2.75) is 6.04 Å². The van der Waals surface area contributed by atoms with E-state index in [1.54, 1.807) is 0 Å². The number of ether oxygens (including phenoxy) is 1.